The number of hydrogen-bond acceptors (Lipinski definition) is 7. The quantitative estimate of drug-likeness (QED) is 0.454. The van der Waals surface area contributed by atoms with Gasteiger partial charge in [0.2, 0.25) is 5.91 Å². The zero-order valence-electron chi connectivity index (χ0n) is 18.7. The van der Waals surface area contributed by atoms with Gasteiger partial charge in [-0.3, -0.25) is 4.79 Å². The van der Waals surface area contributed by atoms with Gasteiger partial charge in [-0.05, 0) is 49.2 Å². The van der Waals surface area contributed by atoms with Crippen molar-refractivity contribution in [3.63, 3.8) is 0 Å². The number of likely N-dealkylation sites (tertiary alicyclic amines) is 1. The number of piperidine rings is 1. The van der Waals surface area contributed by atoms with Gasteiger partial charge in [-0.2, -0.15) is 5.10 Å². The minimum Gasteiger partial charge on any atom is -0.457 e. The SMILES string of the molecule is Nc1ncnc2c1c(-c1ccc(Oc3ccccc3)cc1)nn2[C@@H]1CCCN(C(=O)CCO)C1. The first-order chi connectivity index (χ1) is 16.6. The van der Waals surface area contributed by atoms with Crippen molar-refractivity contribution in [2.75, 3.05) is 25.4 Å². The highest BCUT2D eigenvalue weighted by molar-refractivity contribution is 5.98. The second-order valence-corrected chi connectivity index (χ2v) is 8.30. The number of amides is 1. The normalized spacial score (nSPS) is 16.0. The Morgan fingerprint density at radius 1 is 1.09 bits per heavy atom. The number of nitrogens with zero attached hydrogens (tertiary/aromatic N) is 5. The summed E-state index contributed by atoms with van der Waals surface area (Å²) in [5.41, 5.74) is 8.47. The van der Waals surface area contributed by atoms with Crippen LogP contribution in [0.2, 0.25) is 0 Å². The van der Waals surface area contributed by atoms with Crippen molar-refractivity contribution in [3.8, 4) is 22.8 Å². The predicted molar refractivity (Wildman–Crippen MR) is 128 cm³/mol. The third-order valence-corrected chi connectivity index (χ3v) is 6.05. The Morgan fingerprint density at radius 2 is 1.85 bits per heavy atom. The van der Waals surface area contributed by atoms with Crippen molar-refractivity contribution in [1.29, 1.82) is 0 Å². The summed E-state index contributed by atoms with van der Waals surface area (Å²) >= 11 is 0. The lowest BCUT2D eigenvalue weighted by Gasteiger charge is -2.33. The molecule has 0 saturated carbocycles. The third kappa shape index (κ3) is 4.29. The number of aliphatic hydroxyl groups is 1. The van der Waals surface area contributed by atoms with Crippen molar-refractivity contribution in [2.24, 2.45) is 0 Å². The highest BCUT2D eigenvalue weighted by atomic mass is 16.5. The summed E-state index contributed by atoms with van der Waals surface area (Å²) < 4.78 is 7.78. The van der Waals surface area contributed by atoms with Gasteiger partial charge in [-0.25, -0.2) is 14.6 Å². The maximum Gasteiger partial charge on any atom is 0.224 e. The van der Waals surface area contributed by atoms with Gasteiger partial charge >= 0.3 is 0 Å². The van der Waals surface area contributed by atoms with Crippen LogP contribution in [-0.4, -0.2) is 55.4 Å². The first-order valence-electron chi connectivity index (χ1n) is 11.3. The van der Waals surface area contributed by atoms with Gasteiger partial charge in [0, 0.05) is 25.1 Å². The molecule has 2 aromatic carbocycles. The van der Waals surface area contributed by atoms with Gasteiger partial charge in [-0.15, -0.1) is 0 Å². The largest absolute Gasteiger partial charge is 0.457 e. The Bertz CT molecular complexity index is 1290. The van der Waals surface area contributed by atoms with E-state index in [9.17, 15) is 4.79 Å². The molecule has 1 aliphatic heterocycles. The van der Waals surface area contributed by atoms with Crippen LogP contribution in [0, 0.1) is 0 Å². The number of nitrogen functional groups attached to an aromatic ring is 1. The Hall–Kier alpha value is -3.98. The summed E-state index contributed by atoms with van der Waals surface area (Å²) in [7, 11) is 0. The molecule has 0 aliphatic carbocycles. The molecule has 0 spiro atoms. The molecule has 2 aromatic heterocycles. The van der Waals surface area contributed by atoms with Gasteiger partial charge in [0.05, 0.1) is 18.0 Å². The molecule has 34 heavy (non-hydrogen) atoms. The van der Waals surface area contributed by atoms with Gasteiger partial charge < -0.3 is 20.5 Å². The van der Waals surface area contributed by atoms with E-state index >= 15 is 0 Å². The number of anilines is 1. The number of rotatable bonds is 6. The van der Waals surface area contributed by atoms with E-state index in [4.69, 9.17) is 20.7 Å². The summed E-state index contributed by atoms with van der Waals surface area (Å²) in [5, 5.41) is 14.7. The number of nitrogens with two attached hydrogens (primary N) is 1. The first-order valence-corrected chi connectivity index (χ1v) is 11.3. The molecule has 5 rings (SSSR count). The average Bonchev–Trinajstić information content (AvgIpc) is 3.26. The Kier molecular flexibility index (Phi) is 6.09. The molecule has 1 atom stereocenters. The zero-order chi connectivity index (χ0) is 23.5. The number of aliphatic hydroxyl groups excluding tert-OH is 1. The number of aromatic nitrogens is 4. The van der Waals surface area contributed by atoms with Crippen molar-refractivity contribution in [2.45, 2.75) is 25.3 Å². The molecule has 0 unspecified atom stereocenters. The molecule has 1 saturated heterocycles. The molecule has 3 heterocycles. The second kappa shape index (κ2) is 9.48. The summed E-state index contributed by atoms with van der Waals surface area (Å²) in [4.78, 5) is 22.8. The number of carbonyl (C=O) groups is 1. The number of para-hydroxylation sites is 1. The minimum atomic E-state index is -0.150. The van der Waals surface area contributed by atoms with E-state index in [1.54, 1.807) is 4.90 Å². The molecule has 1 fully saturated rings. The van der Waals surface area contributed by atoms with Crippen LogP contribution in [0.5, 0.6) is 11.5 Å². The van der Waals surface area contributed by atoms with Gasteiger partial charge in [0.1, 0.15) is 29.3 Å². The maximum absolute atomic E-state index is 12.4. The molecule has 1 aliphatic rings. The number of fused-ring (bicyclic) bond motifs is 1. The molecule has 9 nitrogen and oxygen atoms in total. The van der Waals surface area contributed by atoms with E-state index in [-0.39, 0.29) is 25.0 Å². The molecule has 174 valence electrons. The lowest BCUT2D eigenvalue weighted by Crippen LogP contribution is -2.41. The highest BCUT2D eigenvalue weighted by Gasteiger charge is 2.28. The second-order valence-electron chi connectivity index (χ2n) is 8.30. The number of carbonyl (C=O) groups excluding carboxylic acids is 1. The van der Waals surface area contributed by atoms with Crippen molar-refractivity contribution < 1.29 is 14.6 Å². The number of hydrogen-bond donors (Lipinski definition) is 2. The van der Waals surface area contributed by atoms with E-state index in [1.165, 1.54) is 6.33 Å². The van der Waals surface area contributed by atoms with E-state index in [2.05, 4.69) is 9.97 Å². The van der Waals surface area contributed by atoms with Crippen LogP contribution in [0.3, 0.4) is 0 Å². The summed E-state index contributed by atoms with van der Waals surface area (Å²) in [6, 6.07) is 17.2. The Balaban J connectivity index is 1.47. The topological polar surface area (TPSA) is 119 Å². The van der Waals surface area contributed by atoms with E-state index in [1.807, 2.05) is 59.3 Å². The van der Waals surface area contributed by atoms with Crippen LogP contribution in [0.4, 0.5) is 5.82 Å². The summed E-state index contributed by atoms with van der Waals surface area (Å²) in [6.45, 7) is 1.05. The molecular weight excluding hydrogens is 432 g/mol. The summed E-state index contributed by atoms with van der Waals surface area (Å²) in [6.07, 6.45) is 3.29. The lowest BCUT2D eigenvalue weighted by molar-refractivity contribution is -0.133. The van der Waals surface area contributed by atoms with Crippen LogP contribution in [0.1, 0.15) is 25.3 Å². The van der Waals surface area contributed by atoms with Gasteiger partial charge in [0.25, 0.3) is 0 Å². The average molecular weight is 459 g/mol. The molecule has 3 N–H and O–H groups in total. The fourth-order valence-electron chi connectivity index (χ4n) is 4.39. The zero-order valence-corrected chi connectivity index (χ0v) is 18.7. The molecule has 9 heteroatoms. The maximum atomic E-state index is 12.4. The van der Waals surface area contributed by atoms with Crippen LogP contribution in [0.15, 0.2) is 60.9 Å². The van der Waals surface area contributed by atoms with E-state index in [0.717, 1.165) is 24.2 Å². The van der Waals surface area contributed by atoms with E-state index < -0.39 is 0 Å². The van der Waals surface area contributed by atoms with Crippen molar-refractivity contribution in [1.82, 2.24) is 24.6 Å². The standard InChI is InChI=1S/C25H26N6O3/c26-24-22-23(17-8-10-20(11-9-17)34-19-6-2-1-3-7-19)29-31(25(22)28-16-27-24)18-5-4-13-30(15-18)21(33)12-14-32/h1-3,6-11,16,18,32H,4-5,12-15H2,(H2,26,27,28)/t18-/m1/s1. The Labute approximate surface area is 196 Å². The van der Waals surface area contributed by atoms with Gasteiger partial charge in [-0.1, -0.05) is 18.2 Å². The molecular formula is C25H26N6O3. The van der Waals surface area contributed by atoms with E-state index in [0.29, 0.717) is 41.4 Å². The van der Waals surface area contributed by atoms with Crippen LogP contribution in [0.25, 0.3) is 22.3 Å². The van der Waals surface area contributed by atoms with Crippen molar-refractivity contribution in [3.05, 3.63) is 60.9 Å². The fraction of sp³-hybridized carbons (Fsp3) is 0.280. The predicted octanol–water partition coefficient (Wildman–Crippen LogP) is 3.41. The lowest BCUT2D eigenvalue weighted by atomic mass is 10.1. The monoisotopic (exact) mass is 458 g/mol. The molecule has 4 aromatic rings. The summed E-state index contributed by atoms with van der Waals surface area (Å²) in [5.74, 6) is 1.79. The highest BCUT2D eigenvalue weighted by Crippen LogP contribution is 2.34. The smallest absolute Gasteiger partial charge is 0.224 e. The fourth-order valence-corrected chi connectivity index (χ4v) is 4.39. The number of ether oxygens (including phenoxy) is 1. The van der Waals surface area contributed by atoms with Gasteiger partial charge in [0.15, 0.2) is 5.65 Å². The van der Waals surface area contributed by atoms with Crippen LogP contribution in [-0.2, 0) is 4.79 Å². The molecule has 1 amide bonds. The first kappa shape index (κ1) is 21.8. The van der Waals surface area contributed by atoms with Crippen LogP contribution < -0.4 is 10.5 Å². The minimum absolute atomic E-state index is 0.0392. The van der Waals surface area contributed by atoms with Crippen molar-refractivity contribution >= 4 is 22.8 Å². The van der Waals surface area contributed by atoms with Crippen LogP contribution >= 0.6 is 0 Å². The number of benzene rings is 2. The molecule has 0 bridgehead atoms. The Morgan fingerprint density at radius 3 is 2.62 bits per heavy atom. The third-order valence-electron chi connectivity index (χ3n) is 6.05. The molecule has 0 radical (unpaired) electrons.